The van der Waals surface area contributed by atoms with Gasteiger partial charge in [-0.05, 0) is 54.7 Å². The summed E-state index contributed by atoms with van der Waals surface area (Å²) in [5.41, 5.74) is 5.96. The second-order valence-corrected chi connectivity index (χ2v) is 6.01. The third-order valence-electron chi connectivity index (χ3n) is 4.51. The van der Waals surface area contributed by atoms with Crippen molar-refractivity contribution in [3.05, 3.63) is 69.8 Å². The summed E-state index contributed by atoms with van der Waals surface area (Å²) in [7, 11) is 0. The maximum atomic E-state index is 12.0. The SMILES string of the molecule is Cc1cc2c(c(C)c1CCOC(=O)c1ccccc1)C(=O)CC2. The van der Waals surface area contributed by atoms with Gasteiger partial charge in [-0.15, -0.1) is 0 Å². The number of ketones is 1. The number of fused-ring (bicyclic) bond motifs is 1. The van der Waals surface area contributed by atoms with Gasteiger partial charge in [0.15, 0.2) is 5.78 Å². The Labute approximate surface area is 136 Å². The maximum Gasteiger partial charge on any atom is 0.338 e. The van der Waals surface area contributed by atoms with Crippen molar-refractivity contribution in [1.82, 2.24) is 0 Å². The topological polar surface area (TPSA) is 43.4 Å². The fourth-order valence-electron chi connectivity index (χ4n) is 3.35. The van der Waals surface area contributed by atoms with Crippen molar-refractivity contribution in [3.8, 4) is 0 Å². The fourth-order valence-corrected chi connectivity index (χ4v) is 3.35. The first-order valence-electron chi connectivity index (χ1n) is 7.95. The van der Waals surface area contributed by atoms with E-state index in [-0.39, 0.29) is 11.8 Å². The number of hydrogen-bond donors (Lipinski definition) is 0. The molecule has 0 bridgehead atoms. The van der Waals surface area contributed by atoms with E-state index in [1.165, 1.54) is 5.56 Å². The molecule has 0 fully saturated rings. The molecule has 2 aromatic carbocycles. The number of Topliss-reactive ketones (excluding diaryl/α,β-unsaturated/α-hetero) is 1. The van der Waals surface area contributed by atoms with Crippen LogP contribution in [0.25, 0.3) is 0 Å². The molecule has 0 atom stereocenters. The number of rotatable bonds is 4. The first-order valence-corrected chi connectivity index (χ1v) is 7.95. The second-order valence-electron chi connectivity index (χ2n) is 6.01. The van der Waals surface area contributed by atoms with Gasteiger partial charge < -0.3 is 4.74 Å². The minimum absolute atomic E-state index is 0.236. The minimum atomic E-state index is -0.307. The molecule has 0 amide bonds. The zero-order valence-corrected chi connectivity index (χ0v) is 13.5. The lowest BCUT2D eigenvalue weighted by Crippen LogP contribution is -2.10. The van der Waals surface area contributed by atoms with Crippen LogP contribution in [0.15, 0.2) is 36.4 Å². The van der Waals surface area contributed by atoms with Crippen LogP contribution in [0.4, 0.5) is 0 Å². The van der Waals surface area contributed by atoms with Crippen LogP contribution in [0.2, 0.25) is 0 Å². The van der Waals surface area contributed by atoms with E-state index in [1.54, 1.807) is 12.1 Å². The summed E-state index contributed by atoms with van der Waals surface area (Å²) in [5, 5.41) is 0. The fraction of sp³-hybridized carbons (Fsp3) is 0.300. The molecule has 0 N–H and O–H groups in total. The summed E-state index contributed by atoms with van der Waals surface area (Å²) in [6, 6.07) is 11.1. The highest BCUT2D eigenvalue weighted by Gasteiger charge is 2.24. The number of aryl methyl sites for hydroxylation is 2. The Balaban J connectivity index is 1.71. The lowest BCUT2D eigenvalue weighted by Gasteiger charge is -2.14. The van der Waals surface area contributed by atoms with E-state index in [1.807, 2.05) is 25.1 Å². The Morgan fingerprint density at radius 2 is 1.87 bits per heavy atom. The van der Waals surface area contributed by atoms with Crippen molar-refractivity contribution in [1.29, 1.82) is 0 Å². The molecule has 0 aromatic heterocycles. The zero-order valence-electron chi connectivity index (χ0n) is 13.5. The van der Waals surface area contributed by atoms with Gasteiger partial charge in [-0.2, -0.15) is 0 Å². The molecule has 2 aromatic rings. The Hall–Kier alpha value is -2.42. The van der Waals surface area contributed by atoms with Crippen LogP contribution in [-0.4, -0.2) is 18.4 Å². The van der Waals surface area contributed by atoms with Gasteiger partial charge in [0.25, 0.3) is 0 Å². The summed E-state index contributed by atoms with van der Waals surface area (Å²) in [5.74, 6) is -0.0711. The molecule has 3 heteroatoms. The average Bonchev–Trinajstić information content (AvgIpc) is 2.92. The third kappa shape index (κ3) is 3.04. The van der Waals surface area contributed by atoms with Crippen molar-refractivity contribution in [3.63, 3.8) is 0 Å². The van der Waals surface area contributed by atoms with Gasteiger partial charge in [-0.3, -0.25) is 4.79 Å². The van der Waals surface area contributed by atoms with E-state index < -0.39 is 0 Å². The molecule has 0 saturated carbocycles. The number of carbonyl (C=O) groups excluding carboxylic acids is 2. The Morgan fingerprint density at radius 3 is 2.61 bits per heavy atom. The molecule has 0 radical (unpaired) electrons. The van der Waals surface area contributed by atoms with Gasteiger partial charge in [0, 0.05) is 18.4 Å². The van der Waals surface area contributed by atoms with Crippen LogP contribution < -0.4 is 0 Å². The largest absolute Gasteiger partial charge is 0.462 e. The summed E-state index contributed by atoms with van der Waals surface area (Å²) in [6.45, 7) is 4.39. The molecule has 23 heavy (non-hydrogen) atoms. The molecule has 3 rings (SSSR count). The Morgan fingerprint density at radius 1 is 1.13 bits per heavy atom. The second kappa shape index (κ2) is 6.37. The number of esters is 1. The number of benzene rings is 2. The van der Waals surface area contributed by atoms with Crippen molar-refractivity contribution < 1.29 is 14.3 Å². The number of ether oxygens (including phenoxy) is 1. The van der Waals surface area contributed by atoms with E-state index in [2.05, 4.69) is 13.0 Å². The molecule has 1 aliphatic carbocycles. The minimum Gasteiger partial charge on any atom is -0.462 e. The molecule has 0 aliphatic heterocycles. The average molecular weight is 308 g/mol. The highest BCUT2D eigenvalue weighted by atomic mass is 16.5. The summed E-state index contributed by atoms with van der Waals surface area (Å²) in [4.78, 5) is 24.0. The zero-order chi connectivity index (χ0) is 16.4. The first kappa shape index (κ1) is 15.5. The van der Waals surface area contributed by atoms with Crippen LogP contribution in [0.3, 0.4) is 0 Å². The van der Waals surface area contributed by atoms with Gasteiger partial charge in [0.2, 0.25) is 0 Å². The monoisotopic (exact) mass is 308 g/mol. The van der Waals surface area contributed by atoms with Gasteiger partial charge >= 0.3 is 5.97 Å². The third-order valence-corrected chi connectivity index (χ3v) is 4.51. The Bertz CT molecular complexity index is 760. The molecule has 1 aliphatic rings. The molecule has 118 valence electrons. The van der Waals surface area contributed by atoms with E-state index in [0.29, 0.717) is 25.0 Å². The quantitative estimate of drug-likeness (QED) is 0.806. The van der Waals surface area contributed by atoms with Crippen LogP contribution in [0, 0.1) is 13.8 Å². The van der Waals surface area contributed by atoms with E-state index in [4.69, 9.17) is 4.74 Å². The lowest BCUT2D eigenvalue weighted by atomic mass is 9.92. The normalized spacial score (nSPS) is 13.0. The molecule has 0 unspecified atom stereocenters. The van der Waals surface area contributed by atoms with Crippen molar-refractivity contribution >= 4 is 11.8 Å². The number of carbonyl (C=O) groups is 2. The van der Waals surface area contributed by atoms with Crippen molar-refractivity contribution in [2.24, 2.45) is 0 Å². The standard InChI is InChI=1S/C20H20O3/c1-13-12-16-8-9-18(21)19(16)14(2)17(13)10-11-23-20(22)15-6-4-3-5-7-15/h3-7,12H,8-11H2,1-2H3. The Kier molecular flexibility index (Phi) is 4.28. The lowest BCUT2D eigenvalue weighted by molar-refractivity contribution is 0.0508. The maximum absolute atomic E-state index is 12.0. The summed E-state index contributed by atoms with van der Waals surface area (Å²) < 4.78 is 5.36. The van der Waals surface area contributed by atoms with Crippen LogP contribution in [0.1, 0.15) is 49.4 Å². The van der Waals surface area contributed by atoms with E-state index in [0.717, 1.165) is 28.7 Å². The van der Waals surface area contributed by atoms with Gasteiger partial charge in [-0.25, -0.2) is 4.79 Å². The van der Waals surface area contributed by atoms with Gasteiger partial charge in [-0.1, -0.05) is 24.3 Å². The number of hydrogen-bond acceptors (Lipinski definition) is 3. The van der Waals surface area contributed by atoms with E-state index >= 15 is 0 Å². The molecule has 0 saturated heterocycles. The molecular formula is C20H20O3. The van der Waals surface area contributed by atoms with Crippen LogP contribution in [0.5, 0.6) is 0 Å². The predicted molar refractivity (Wildman–Crippen MR) is 89.0 cm³/mol. The van der Waals surface area contributed by atoms with Crippen molar-refractivity contribution in [2.75, 3.05) is 6.61 Å². The van der Waals surface area contributed by atoms with Gasteiger partial charge in [0.1, 0.15) is 0 Å². The van der Waals surface area contributed by atoms with Crippen LogP contribution in [-0.2, 0) is 17.6 Å². The van der Waals surface area contributed by atoms with Crippen molar-refractivity contribution in [2.45, 2.75) is 33.1 Å². The molecule has 0 spiro atoms. The van der Waals surface area contributed by atoms with Crippen LogP contribution >= 0.6 is 0 Å². The van der Waals surface area contributed by atoms with Gasteiger partial charge in [0.05, 0.1) is 12.2 Å². The highest BCUT2D eigenvalue weighted by molar-refractivity contribution is 6.02. The van der Waals surface area contributed by atoms with E-state index in [9.17, 15) is 9.59 Å². The highest BCUT2D eigenvalue weighted by Crippen LogP contribution is 2.30. The predicted octanol–water partition coefficient (Wildman–Crippen LogP) is 3.83. The molecule has 0 heterocycles. The smallest absolute Gasteiger partial charge is 0.338 e. The molecule has 3 nitrogen and oxygen atoms in total. The first-order chi connectivity index (χ1) is 11.1. The molecular weight excluding hydrogens is 288 g/mol. The summed E-state index contributed by atoms with van der Waals surface area (Å²) >= 11 is 0. The summed E-state index contributed by atoms with van der Waals surface area (Å²) in [6.07, 6.45) is 2.10.